The molecule has 0 radical (unpaired) electrons. The number of para-hydroxylation sites is 2. The second-order valence-electron chi connectivity index (χ2n) is 15.1. The van der Waals surface area contributed by atoms with Crippen LogP contribution in [-0.4, -0.2) is 10.3 Å². The van der Waals surface area contributed by atoms with Gasteiger partial charge in [0.1, 0.15) is 11.3 Å². The molecule has 1 aliphatic rings. The van der Waals surface area contributed by atoms with Crippen LogP contribution >= 0.6 is 0 Å². The first-order valence-corrected chi connectivity index (χ1v) is 20.7. The lowest BCUT2D eigenvalue weighted by atomic mass is 9.93. The van der Waals surface area contributed by atoms with E-state index in [0.717, 1.165) is 50.7 Å². The molecule has 1 atom stereocenters. The van der Waals surface area contributed by atoms with Crippen molar-refractivity contribution in [2.75, 3.05) is 0 Å². The van der Waals surface area contributed by atoms with Gasteiger partial charge in [0.25, 0.3) is 0 Å². The minimum Gasteiger partial charge on any atom is -0.454 e. The Kier molecular flexibility index (Phi) is 9.15. The van der Waals surface area contributed by atoms with Crippen molar-refractivity contribution in [2.24, 2.45) is 4.99 Å². The van der Waals surface area contributed by atoms with Crippen LogP contribution in [0.4, 0.5) is 0 Å². The predicted molar refractivity (Wildman–Crippen MR) is 253 cm³/mol. The van der Waals surface area contributed by atoms with Gasteiger partial charge in [-0.05, 0) is 92.7 Å². The number of hydrogen-bond acceptors (Lipinski definition) is 2. The van der Waals surface area contributed by atoms with Gasteiger partial charge in [0.15, 0.2) is 5.42 Å². The molecule has 0 spiro atoms. The lowest BCUT2D eigenvalue weighted by Crippen LogP contribution is -2.22. The molecular weight excluding hydrogens is 717 g/mol. The largest absolute Gasteiger partial charge is 0.454 e. The number of aliphatic imine (C=N–C) groups is 1. The smallest absolute Gasteiger partial charge is 0.161 e. The Bertz CT molecular complexity index is 3380. The summed E-state index contributed by atoms with van der Waals surface area (Å²) in [5.74, 6) is 0. The Labute approximate surface area is 343 Å². The van der Waals surface area contributed by atoms with Gasteiger partial charge in [0.05, 0.1) is 6.04 Å². The van der Waals surface area contributed by atoms with Crippen molar-refractivity contribution in [1.82, 2.24) is 4.57 Å². The van der Waals surface area contributed by atoms with Gasteiger partial charge in [-0.1, -0.05) is 172 Å². The van der Waals surface area contributed by atoms with E-state index in [1.165, 1.54) is 59.7 Å². The molecule has 0 saturated heterocycles. The molecule has 0 saturated carbocycles. The van der Waals surface area contributed by atoms with E-state index in [1.54, 1.807) is 0 Å². The van der Waals surface area contributed by atoms with Crippen LogP contribution in [0, 0.1) is 0 Å². The van der Waals surface area contributed by atoms with Crippen molar-refractivity contribution in [3.05, 3.63) is 209 Å². The molecule has 59 heavy (non-hydrogen) atoms. The SMILES string of the molecule is C=c1/c(=C(\N=C(C)c2ccccc2)c2ccc3c4ccccc4c4ccccc4c3c2)oc2cc(C3=CC(n4c5ccccc5c5ccccc54)CC=C3)ccc12.CC. The van der Waals surface area contributed by atoms with Crippen LogP contribution in [0.15, 0.2) is 191 Å². The summed E-state index contributed by atoms with van der Waals surface area (Å²) in [6.45, 7) is 10.7. The van der Waals surface area contributed by atoms with E-state index in [9.17, 15) is 0 Å². The number of allylic oxidation sites excluding steroid dienone is 4. The normalized spacial score (nSPS) is 14.9. The summed E-state index contributed by atoms with van der Waals surface area (Å²) in [6.07, 6.45) is 7.88. The molecule has 1 aliphatic carbocycles. The highest BCUT2D eigenvalue weighted by Gasteiger charge is 2.20. The number of fused-ring (bicyclic) bond motifs is 10. The molecule has 0 amide bonds. The molecule has 0 aliphatic heterocycles. The summed E-state index contributed by atoms with van der Waals surface area (Å²) >= 11 is 0. The second-order valence-corrected chi connectivity index (χ2v) is 15.1. The van der Waals surface area contributed by atoms with Crippen molar-refractivity contribution in [3.63, 3.8) is 0 Å². The molecule has 8 aromatic carbocycles. The van der Waals surface area contributed by atoms with Gasteiger partial charge in [-0.2, -0.15) is 0 Å². The molecule has 2 heterocycles. The van der Waals surface area contributed by atoms with Gasteiger partial charge in [-0.25, -0.2) is 4.99 Å². The molecule has 1 unspecified atom stereocenters. The van der Waals surface area contributed by atoms with Crippen LogP contribution in [-0.2, 0) is 0 Å². The Hall–Kier alpha value is -7.23. The Morgan fingerprint density at radius 2 is 1.12 bits per heavy atom. The van der Waals surface area contributed by atoms with Crippen molar-refractivity contribution < 1.29 is 4.42 Å². The van der Waals surface area contributed by atoms with E-state index < -0.39 is 0 Å². The molecular formula is C56H44N2O. The Balaban J connectivity index is 0.00000207. The highest BCUT2D eigenvalue weighted by molar-refractivity contribution is 6.25. The molecule has 0 fully saturated rings. The van der Waals surface area contributed by atoms with Crippen molar-refractivity contribution >= 4 is 88.7 Å². The van der Waals surface area contributed by atoms with Gasteiger partial charge in [-0.3, -0.25) is 0 Å². The fourth-order valence-electron chi connectivity index (χ4n) is 9.08. The minimum absolute atomic E-state index is 0.178. The van der Waals surface area contributed by atoms with Gasteiger partial charge >= 0.3 is 0 Å². The quantitative estimate of drug-likeness (QED) is 0.127. The summed E-state index contributed by atoms with van der Waals surface area (Å²) in [5, 5.41) is 11.7. The summed E-state index contributed by atoms with van der Waals surface area (Å²) in [6, 6.07) is 58.6. The first kappa shape index (κ1) is 36.1. The van der Waals surface area contributed by atoms with Gasteiger partial charge in [0.2, 0.25) is 0 Å². The number of benzene rings is 8. The number of hydrogen-bond donors (Lipinski definition) is 0. The molecule has 3 heteroatoms. The van der Waals surface area contributed by atoms with E-state index >= 15 is 0 Å². The van der Waals surface area contributed by atoms with Crippen LogP contribution in [0.1, 0.15) is 49.9 Å². The number of aromatic nitrogens is 1. The van der Waals surface area contributed by atoms with E-state index in [-0.39, 0.29) is 6.04 Å². The summed E-state index contributed by atoms with van der Waals surface area (Å²) in [4.78, 5) is 5.37. The molecule has 2 aromatic heterocycles. The number of nitrogens with zero attached hydrogens (tertiary/aromatic N) is 2. The molecule has 11 rings (SSSR count). The van der Waals surface area contributed by atoms with Crippen LogP contribution in [0.25, 0.3) is 82.9 Å². The molecule has 10 aromatic rings. The molecule has 3 nitrogen and oxygen atoms in total. The lowest BCUT2D eigenvalue weighted by molar-refractivity contribution is 0.572. The average molecular weight is 761 g/mol. The Morgan fingerprint density at radius 1 is 0.576 bits per heavy atom. The zero-order valence-corrected chi connectivity index (χ0v) is 33.6. The first-order chi connectivity index (χ1) is 29.1. The van der Waals surface area contributed by atoms with E-state index in [4.69, 9.17) is 9.41 Å². The third-order valence-corrected chi connectivity index (χ3v) is 11.8. The topological polar surface area (TPSA) is 30.4 Å². The standard InChI is InChI=1S/C54H38N2O.C2H6/c1-34-41-29-27-38(37-17-14-18-40(31-37)56-50-25-12-10-23-47(50)48-24-11-13-26-51(48)56)33-52(41)57-54(34)53(55-35(2)36-15-4-3-5-16-36)39-28-30-46-44-21-7-6-19-42(44)43-20-8-9-22-45(43)49(46)32-39;1-2/h3-17,19-33,40H,1,18H2,2H3;1-2H3/b54-53+,55-35?;. The van der Waals surface area contributed by atoms with Crippen molar-refractivity contribution in [1.29, 1.82) is 0 Å². The zero-order valence-electron chi connectivity index (χ0n) is 33.6. The van der Waals surface area contributed by atoms with E-state index in [2.05, 4.69) is 194 Å². The number of furan rings is 1. The summed E-state index contributed by atoms with van der Waals surface area (Å²) in [7, 11) is 0. The maximum Gasteiger partial charge on any atom is 0.161 e. The Morgan fingerprint density at radius 3 is 1.76 bits per heavy atom. The minimum atomic E-state index is 0.178. The predicted octanol–water partition coefficient (Wildman–Crippen LogP) is 13.7. The zero-order chi connectivity index (χ0) is 40.0. The van der Waals surface area contributed by atoms with Crippen LogP contribution < -0.4 is 10.6 Å². The van der Waals surface area contributed by atoms with Crippen LogP contribution in [0.5, 0.6) is 0 Å². The van der Waals surface area contributed by atoms with Gasteiger partial charge in [0, 0.05) is 43.7 Å². The third kappa shape index (κ3) is 6.09. The van der Waals surface area contributed by atoms with Crippen LogP contribution in [0.3, 0.4) is 0 Å². The van der Waals surface area contributed by atoms with Gasteiger partial charge < -0.3 is 8.98 Å². The first-order valence-electron chi connectivity index (χ1n) is 20.7. The summed E-state index contributed by atoms with van der Waals surface area (Å²) in [5.41, 5.74) is 9.98. The number of rotatable bonds is 5. The highest BCUT2D eigenvalue weighted by Crippen LogP contribution is 2.38. The van der Waals surface area contributed by atoms with E-state index in [1.807, 2.05) is 19.9 Å². The van der Waals surface area contributed by atoms with Gasteiger partial charge in [-0.15, -0.1) is 0 Å². The van der Waals surface area contributed by atoms with Crippen LogP contribution in [0.2, 0.25) is 0 Å². The summed E-state index contributed by atoms with van der Waals surface area (Å²) < 4.78 is 9.40. The second kappa shape index (κ2) is 14.9. The average Bonchev–Trinajstić information content (AvgIpc) is 3.83. The molecule has 0 N–H and O–H groups in total. The molecule has 0 bridgehead atoms. The van der Waals surface area contributed by atoms with Crippen molar-refractivity contribution in [2.45, 2.75) is 33.2 Å². The highest BCUT2D eigenvalue weighted by atomic mass is 16.3. The molecule has 284 valence electrons. The maximum atomic E-state index is 6.90. The fourth-order valence-corrected chi connectivity index (χ4v) is 9.08. The lowest BCUT2D eigenvalue weighted by Gasteiger charge is -2.21. The van der Waals surface area contributed by atoms with Crippen molar-refractivity contribution in [3.8, 4) is 0 Å². The monoisotopic (exact) mass is 760 g/mol. The van der Waals surface area contributed by atoms with E-state index in [0.29, 0.717) is 5.42 Å². The maximum absolute atomic E-state index is 6.90. The third-order valence-electron chi connectivity index (χ3n) is 11.8. The fraction of sp³-hybridized carbons (Fsp3) is 0.0893.